The number of nitrogens with two attached hydrogens (primary N) is 1. The number of aromatic nitrogens is 3. The van der Waals surface area contributed by atoms with E-state index in [1.54, 1.807) is 29.1 Å². The Bertz CT molecular complexity index is 471. The minimum absolute atomic E-state index is 0.334. The molecule has 0 atom stereocenters. The van der Waals surface area contributed by atoms with Crippen LogP contribution in [-0.4, -0.2) is 21.9 Å². The Morgan fingerprint density at radius 3 is 3.00 bits per heavy atom. The van der Waals surface area contributed by atoms with Gasteiger partial charge in [0.15, 0.2) is 0 Å². The van der Waals surface area contributed by atoms with Gasteiger partial charge in [0.05, 0.1) is 17.6 Å². The minimum Gasteiger partial charge on any atom is -0.463 e. The molecule has 0 fully saturated rings. The molecule has 2 aromatic rings. The summed E-state index contributed by atoms with van der Waals surface area (Å²) in [5.41, 5.74) is 6.87. The van der Waals surface area contributed by atoms with Crippen molar-refractivity contribution in [2.45, 2.75) is 6.54 Å². The highest BCUT2D eigenvalue weighted by molar-refractivity contribution is 5.38. The van der Waals surface area contributed by atoms with Crippen molar-refractivity contribution < 1.29 is 9.13 Å². The molecule has 1 aromatic carbocycles. The van der Waals surface area contributed by atoms with Crippen LogP contribution in [0.1, 0.15) is 5.69 Å². The molecule has 0 saturated heterocycles. The lowest BCUT2D eigenvalue weighted by molar-refractivity contribution is 0.191. The fraction of sp³-hybridized carbons (Fsp3) is 0.200. The second-order valence-electron chi connectivity index (χ2n) is 3.11. The van der Waals surface area contributed by atoms with Gasteiger partial charge in [-0.05, 0) is 12.1 Å². The molecule has 2 N–H and O–H groups in total. The van der Waals surface area contributed by atoms with Crippen LogP contribution >= 0.6 is 0 Å². The normalized spacial score (nSPS) is 10.4. The van der Waals surface area contributed by atoms with Gasteiger partial charge in [-0.1, -0.05) is 11.3 Å². The summed E-state index contributed by atoms with van der Waals surface area (Å²) in [7, 11) is 0. The first-order valence-electron chi connectivity index (χ1n) is 4.74. The molecular weight excluding hydrogens is 211 g/mol. The van der Waals surface area contributed by atoms with Gasteiger partial charge in [0.2, 0.25) is 6.86 Å². The molecule has 0 amide bonds. The maximum atomic E-state index is 12.0. The first-order chi connectivity index (χ1) is 7.83. The lowest BCUT2D eigenvalue weighted by atomic mass is 10.3. The van der Waals surface area contributed by atoms with Crippen molar-refractivity contribution in [3.05, 3.63) is 36.2 Å². The Balaban J connectivity index is 2.28. The number of rotatable bonds is 4. The molecule has 0 aliphatic carbocycles. The zero-order valence-corrected chi connectivity index (χ0v) is 8.51. The largest absolute Gasteiger partial charge is 0.463 e. The van der Waals surface area contributed by atoms with E-state index in [0.29, 0.717) is 18.0 Å². The van der Waals surface area contributed by atoms with Crippen LogP contribution in [0.3, 0.4) is 0 Å². The molecule has 0 bridgehead atoms. The van der Waals surface area contributed by atoms with Gasteiger partial charge in [-0.2, -0.15) is 0 Å². The van der Waals surface area contributed by atoms with E-state index in [1.807, 2.05) is 6.07 Å². The molecule has 84 valence electrons. The van der Waals surface area contributed by atoms with E-state index >= 15 is 0 Å². The number of hydrogen-bond acceptors (Lipinski definition) is 4. The molecular formula is C10H11FN4O. The summed E-state index contributed by atoms with van der Waals surface area (Å²) in [6.45, 7) is -0.518. The lowest BCUT2D eigenvalue weighted by Gasteiger charge is -2.03. The Morgan fingerprint density at radius 1 is 1.44 bits per heavy atom. The topological polar surface area (TPSA) is 66.0 Å². The Morgan fingerprint density at radius 2 is 2.31 bits per heavy atom. The second-order valence-corrected chi connectivity index (χ2v) is 3.11. The van der Waals surface area contributed by atoms with Crippen molar-refractivity contribution in [2.24, 2.45) is 5.73 Å². The lowest BCUT2D eigenvalue weighted by Crippen LogP contribution is -1.97. The molecule has 0 saturated carbocycles. The van der Waals surface area contributed by atoms with Crippen LogP contribution in [-0.2, 0) is 6.54 Å². The Hall–Kier alpha value is -1.95. The molecule has 0 aliphatic rings. The van der Waals surface area contributed by atoms with Gasteiger partial charge >= 0.3 is 0 Å². The molecule has 1 heterocycles. The molecule has 16 heavy (non-hydrogen) atoms. The van der Waals surface area contributed by atoms with Crippen molar-refractivity contribution in [1.29, 1.82) is 0 Å². The highest BCUT2D eigenvalue weighted by Gasteiger charge is 2.02. The van der Waals surface area contributed by atoms with Gasteiger partial charge in [-0.3, -0.25) is 0 Å². The molecule has 2 rings (SSSR count). The number of nitrogens with zero attached hydrogens (tertiary/aromatic N) is 3. The monoisotopic (exact) mass is 222 g/mol. The maximum Gasteiger partial charge on any atom is 0.228 e. The summed E-state index contributed by atoms with van der Waals surface area (Å²) in [6, 6.07) is 6.92. The molecule has 0 spiro atoms. The maximum absolute atomic E-state index is 12.0. The number of halogens is 1. The average molecular weight is 222 g/mol. The Kier molecular flexibility index (Phi) is 3.11. The zero-order valence-electron chi connectivity index (χ0n) is 8.51. The number of ether oxygens (including phenoxy) is 1. The van der Waals surface area contributed by atoms with E-state index in [2.05, 4.69) is 10.3 Å². The second kappa shape index (κ2) is 4.71. The van der Waals surface area contributed by atoms with Crippen molar-refractivity contribution in [3.8, 4) is 11.4 Å². The van der Waals surface area contributed by atoms with Crippen LogP contribution in [0.15, 0.2) is 30.5 Å². The predicted molar refractivity (Wildman–Crippen MR) is 55.9 cm³/mol. The highest BCUT2D eigenvalue weighted by atomic mass is 19.1. The van der Waals surface area contributed by atoms with E-state index < -0.39 is 6.86 Å². The zero-order chi connectivity index (χ0) is 11.4. The van der Waals surface area contributed by atoms with Gasteiger partial charge in [-0.15, -0.1) is 5.10 Å². The summed E-state index contributed by atoms with van der Waals surface area (Å²) in [4.78, 5) is 0. The van der Waals surface area contributed by atoms with Gasteiger partial charge in [0.1, 0.15) is 5.75 Å². The van der Waals surface area contributed by atoms with E-state index in [1.165, 1.54) is 0 Å². The summed E-state index contributed by atoms with van der Waals surface area (Å²) in [5, 5.41) is 7.76. The summed E-state index contributed by atoms with van der Waals surface area (Å²) in [5.74, 6) is 0.449. The summed E-state index contributed by atoms with van der Waals surface area (Å²) < 4.78 is 18.3. The fourth-order valence-electron chi connectivity index (χ4n) is 1.30. The fourth-order valence-corrected chi connectivity index (χ4v) is 1.30. The number of hydrogen-bond donors (Lipinski definition) is 1. The van der Waals surface area contributed by atoms with Crippen molar-refractivity contribution in [1.82, 2.24) is 15.0 Å². The van der Waals surface area contributed by atoms with Crippen LogP contribution in [0.4, 0.5) is 4.39 Å². The van der Waals surface area contributed by atoms with Crippen LogP contribution < -0.4 is 10.5 Å². The van der Waals surface area contributed by atoms with Gasteiger partial charge < -0.3 is 10.5 Å². The van der Waals surface area contributed by atoms with Crippen LogP contribution in [0, 0.1) is 0 Å². The molecule has 5 nitrogen and oxygen atoms in total. The van der Waals surface area contributed by atoms with Gasteiger partial charge in [0, 0.05) is 12.6 Å². The highest BCUT2D eigenvalue weighted by Crippen LogP contribution is 2.16. The van der Waals surface area contributed by atoms with E-state index in [0.717, 1.165) is 5.69 Å². The van der Waals surface area contributed by atoms with Crippen LogP contribution in [0.2, 0.25) is 0 Å². The molecule has 1 aromatic heterocycles. The first kappa shape index (κ1) is 10.6. The third kappa shape index (κ3) is 2.17. The number of alkyl halides is 1. The SMILES string of the molecule is NCc1cn(-c2cccc(OCF)c2)nn1. The molecule has 0 aliphatic heterocycles. The van der Waals surface area contributed by atoms with Gasteiger partial charge in [-0.25, -0.2) is 9.07 Å². The Labute approximate surface area is 91.6 Å². The summed E-state index contributed by atoms with van der Waals surface area (Å²) >= 11 is 0. The van der Waals surface area contributed by atoms with Gasteiger partial charge in [0.25, 0.3) is 0 Å². The molecule has 0 radical (unpaired) electrons. The molecule has 0 unspecified atom stereocenters. The van der Waals surface area contributed by atoms with E-state index in [9.17, 15) is 4.39 Å². The quantitative estimate of drug-likeness (QED) is 0.839. The van der Waals surface area contributed by atoms with Crippen molar-refractivity contribution in [3.63, 3.8) is 0 Å². The third-order valence-electron chi connectivity index (χ3n) is 2.05. The minimum atomic E-state index is -0.852. The van der Waals surface area contributed by atoms with Crippen LogP contribution in [0.25, 0.3) is 5.69 Å². The predicted octanol–water partition coefficient (Wildman–Crippen LogP) is 1.03. The molecule has 6 heteroatoms. The smallest absolute Gasteiger partial charge is 0.228 e. The summed E-state index contributed by atoms with van der Waals surface area (Å²) in [6.07, 6.45) is 1.72. The number of benzene rings is 1. The van der Waals surface area contributed by atoms with E-state index in [-0.39, 0.29) is 0 Å². The van der Waals surface area contributed by atoms with E-state index in [4.69, 9.17) is 10.5 Å². The van der Waals surface area contributed by atoms with Crippen molar-refractivity contribution in [2.75, 3.05) is 6.86 Å². The third-order valence-corrected chi connectivity index (χ3v) is 2.05. The average Bonchev–Trinajstić information content (AvgIpc) is 2.78. The van der Waals surface area contributed by atoms with Crippen LogP contribution in [0.5, 0.6) is 5.75 Å². The standard InChI is InChI=1S/C10H11FN4O/c11-7-16-10-3-1-2-9(4-10)15-6-8(5-12)13-14-15/h1-4,6H,5,7,12H2. The first-order valence-corrected chi connectivity index (χ1v) is 4.74. The van der Waals surface area contributed by atoms with Crippen molar-refractivity contribution >= 4 is 0 Å².